The number of anilines is 1. The summed E-state index contributed by atoms with van der Waals surface area (Å²) < 4.78 is 0. The Labute approximate surface area is 123 Å². The number of hydrogen-bond acceptors (Lipinski definition) is 4. The standard InChI is InChI=1S/C16H17N5/c1-12-5-6-16(20-11-12)19-8-7-15(18)21-14-4-2-3-13(9-14)10-17/h2-11,17H,1H3,(H2,18,21)(H,19,20)/b8-7-,17-10?. The SMILES string of the molecule is Cc1ccc(N/C=C\C(N)=Nc2cccc(C=N)c2)nc1. The first-order chi connectivity index (χ1) is 10.2. The summed E-state index contributed by atoms with van der Waals surface area (Å²) >= 11 is 0. The number of hydrogen-bond donors (Lipinski definition) is 3. The normalized spacial score (nSPS) is 11.6. The molecule has 1 aromatic carbocycles. The molecule has 0 bridgehead atoms. The fourth-order valence-electron chi connectivity index (χ4n) is 1.64. The second kappa shape index (κ2) is 7.00. The van der Waals surface area contributed by atoms with E-state index in [2.05, 4.69) is 15.3 Å². The minimum Gasteiger partial charge on any atom is -0.384 e. The van der Waals surface area contributed by atoms with Gasteiger partial charge in [-0.1, -0.05) is 18.2 Å². The van der Waals surface area contributed by atoms with Crippen LogP contribution in [0.3, 0.4) is 0 Å². The fourth-order valence-corrected chi connectivity index (χ4v) is 1.64. The molecular formula is C16H17N5. The summed E-state index contributed by atoms with van der Waals surface area (Å²) in [5, 5.41) is 10.2. The van der Waals surface area contributed by atoms with E-state index in [1.165, 1.54) is 6.21 Å². The number of amidine groups is 1. The van der Waals surface area contributed by atoms with Crippen LogP contribution in [0.1, 0.15) is 11.1 Å². The highest BCUT2D eigenvalue weighted by Gasteiger charge is 1.93. The summed E-state index contributed by atoms with van der Waals surface area (Å²) in [7, 11) is 0. The summed E-state index contributed by atoms with van der Waals surface area (Å²) in [5.74, 6) is 1.12. The van der Waals surface area contributed by atoms with E-state index in [1.807, 2.05) is 37.3 Å². The molecule has 0 saturated carbocycles. The van der Waals surface area contributed by atoms with Crippen molar-refractivity contribution in [3.8, 4) is 0 Å². The van der Waals surface area contributed by atoms with Gasteiger partial charge in [-0.3, -0.25) is 0 Å². The Kier molecular flexibility index (Phi) is 4.82. The molecule has 0 aliphatic carbocycles. The average Bonchev–Trinajstić information content (AvgIpc) is 2.49. The van der Waals surface area contributed by atoms with Crippen molar-refractivity contribution in [2.75, 3.05) is 5.32 Å². The summed E-state index contributed by atoms with van der Waals surface area (Å²) in [6, 6.07) is 11.2. The lowest BCUT2D eigenvalue weighted by Crippen LogP contribution is -2.07. The maximum Gasteiger partial charge on any atom is 0.129 e. The third kappa shape index (κ3) is 4.58. The highest BCUT2D eigenvalue weighted by atomic mass is 15.0. The van der Waals surface area contributed by atoms with Gasteiger partial charge in [-0.05, 0) is 42.3 Å². The molecule has 1 aromatic heterocycles. The van der Waals surface area contributed by atoms with E-state index in [-0.39, 0.29) is 0 Å². The number of nitrogens with two attached hydrogens (primary N) is 1. The number of aliphatic imine (C=N–C) groups is 1. The van der Waals surface area contributed by atoms with Crippen LogP contribution in [0.5, 0.6) is 0 Å². The lowest BCUT2D eigenvalue weighted by molar-refractivity contribution is 1.26. The van der Waals surface area contributed by atoms with Crippen LogP contribution in [-0.2, 0) is 0 Å². The van der Waals surface area contributed by atoms with E-state index in [0.29, 0.717) is 11.5 Å². The van der Waals surface area contributed by atoms with E-state index in [9.17, 15) is 0 Å². The quantitative estimate of drug-likeness (QED) is 0.580. The van der Waals surface area contributed by atoms with Gasteiger partial charge in [0.2, 0.25) is 0 Å². The van der Waals surface area contributed by atoms with E-state index in [4.69, 9.17) is 11.1 Å². The first kappa shape index (κ1) is 14.5. The third-order valence-electron chi connectivity index (χ3n) is 2.69. The largest absolute Gasteiger partial charge is 0.384 e. The first-order valence-electron chi connectivity index (χ1n) is 6.48. The molecular weight excluding hydrogens is 262 g/mol. The molecule has 106 valence electrons. The van der Waals surface area contributed by atoms with Gasteiger partial charge in [-0.2, -0.15) is 0 Å². The Bertz CT molecular complexity index is 671. The molecule has 0 amide bonds. The minimum absolute atomic E-state index is 0.372. The molecule has 0 saturated heterocycles. The van der Waals surface area contributed by atoms with Gasteiger partial charge in [0.05, 0.1) is 5.69 Å². The van der Waals surface area contributed by atoms with Crippen LogP contribution in [-0.4, -0.2) is 17.0 Å². The number of pyridine rings is 1. The lowest BCUT2D eigenvalue weighted by Gasteiger charge is -2.00. The zero-order valence-electron chi connectivity index (χ0n) is 11.7. The molecule has 5 nitrogen and oxygen atoms in total. The molecule has 0 spiro atoms. The van der Waals surface area contributed by atoms with Crippen molar-refractivity contribution < 1.29 is 0 Å². The van der Waals surface area contributed by atoms with Crippen LogP contribution in [0.15, 0.2) is 59.9 Å². The van der Waals surface area contributed by atoms with Gasteiger partial charge in [0, 0.05) is 18.6 Å². The minimum atomic E-state index is 0.372. The van der Waals surface area contributed by atoms with Crippen molar-refractivity contribution >= 4 is 23.6 Å². The topological polar surface area (TPSA) is 87.1 Å². The fraction of sp³-hybridized carbons (Fsp3) is 0.0625. The van der Waals surface area contributed by atoms with Crippen molar-refractivity contribution in [3.63, 3.8) is 0 Å². The van der Waals surface area contributed by atoms with Crippen molar-refractivity contribution in [1.82, 2.24) is 4.98 Å². The number of aryl methyl sites for hydroxylation is 1. The molecule has 2 aromatic rings. The zero-order chi connectivity index (χ0) is 15.1. The Morgan fingerprint density at radius 2 is 2.19 bits per heavy atom. The maximum atomic E-state index is 7.21. The van der Waals surface area contributed by atoms with Gasteiger partial charge in [0.25, 0.3) is 0 Å². The van der Waals surface area contributed by atoms with Crippen LogP contribution >= 0.6 is 0 Å². The average molecular weight is 279 g/mol. The van der Waals surface area contributed by atoms with Crippen molar-refractivity contribution in [1.29, 1.82) is 5.41 Å². The molecule has 0 fully saturated rings. The van der Waals surface area contributed by atoms with Crippen molar-refractivity contribution in [2.24, 2.45) is 10.7 Å². The molecule has 1 heterocycles. The van der Waals surface area contributed by atoms with E-state index >= 15 is 0 Å². The van der Waals surface area contributed by atoms with Gasteiger partial charge >= 0.3 is 0 Å². The van der Waals surface area contributed by atoms with E-state index in [0.717, 1.165) is 16.9 Å². The molecule has 2 rings (SSSR count). The predicted octanol–water partition coefficient (Wildman–Crippen LogP) is 3.00. The van der Waals surface area contributed by atoms with Crippen molar-refractivity contribution in [3.05, 3.63) is 66.0 Å². The van der Waals surface area contributed by atoms with Crippen LogP contribution in [0, 0.1) is 12.3 Å². The smallest absolute Gasteiger partial charge is 0.129 e. The van der Waals surface area contributed by atoms with Crippen LogP contribution in [0.25, 0.3) is 0 Å². The number of rotatable bonds is 5. The number of nitrogens with zero attached hydrogens (tertiary/aromatic N) is 2. The summed E-state index contributed by atoms with van der Waals surface area (Å²) in [4.78, 5) is 8.47. The third-order valence-corrected chi connectivity index (χ3v) is 2.69. The van der Waals surface area contributed by atoms with Crippen molar-refractivity contribution in [2.45, 2.75) is 6.92 Å². The molecule has 0 aliphatic heterocycles. The first-order valence-corrected chi connectivity index (χ1v) is 6.48. The summed E-state index contributed by atoms with van der Waals surface area (Å²) in [6.45, 7) is 1.99. The highest BCUT2D eigenvalue weighted by Crippen LogP contribution is 2.12. The monoisotopic (exact) mass is 279 g/mol. The summed E-state index contributed by atoms with van der Waals surface area (Å²) in [6.07, 6.45) is 6.42. The van der Waals surface area contributed by atoms with E-state index < -0.39 is 0 Å². The van der Waals surface area contributed by atoms with Gasteiger partial charge in [-0.25, -0.2) is 9.98 Å². The van der Waals surface area contributed by atoms with Gasteiger partial charge < -0.3 is 16.5 Å². The summed E-state index contributed by atoms with van der Waals surface area (Å²) in [5.41, 5.74) is 8.44. The Hall–Kier alpha value is -2.95. The Balaban J connectivity index is 2.00. The number of nitrogens with one attached hydrogen (secondary N) is 2. The second-order valence-corrected chi connectivity index (χ2v) is 4.47. The Morgan fingerprint density at radius 3 is 2.90 bits per heavy atom. The lowest BCUT2D eigenvalue weighted by atomic mass is 10.2. The van der Waals surface area contributed by atoms with Gasteiger partial charge in [-0.15, -0.1) is 0 Å². The Morgan fingerprint density at radius 1 is 1.33 bits per heavy atom. The van der Waals surface area contributed by atoms with Crippen LogP contribution in [0.4, 0.5) is 11.5 Å². The van der Waals surface area contributed by atoms with Gasteiger partial charge in [0.15, 0.2) is 0 Å². The zero-order valence-corrected chi connectivity index (χ0v) is 11.7. The molecule has 21 heavy (non-hydrogen) atoms. The second-order valence-electron chi connectivity index (χ2n) is 4.47. The molecule has 0 radical (unpaired) electrons. The van der Waals surface area contributed by atoms with Gasteiger partial charge in [0.1, 0.15) is 11.7 Å². The predicted molar refractivity (Wildman–Crippen MR) is 87.3 cm³/mol. The molecule has 0 aliphatic rings. The molecule has 0 unspecified atom stereocenters. The molecule has 5 heteroatoms. The number of benzene rings is 1. The van der Waals surface area contributed by atoms with E-state index in [1.54, 1.807) is 24.5 Å². The van der Waals surface area contributed by atoms with Crippen LogP contribution < -0.4 is 11.1 Å². The molecule has 0 atom stereocenters. The highest BCUT2D eigenvalue weighted by molar-refractivity contribution is 5.93. The van der Waals surface area contributed by atoms with Crippen LogP contribution in [0.2, 0.25) is 0 Å². The molecule has 4 N–H and O–H groups in total. The maximum absolute atomic E-state index is 7.21. The number of aromatic nitrogens is 1.